The van der Waals surface area contributed by atoms with Crippen LogP contribution in [0.2, 0.25) is 0 Å². The van der Waals surface area contributed by atoms with Crippen LogP contribution in [0.15, 0.2) is 9.32 Å². The van der Waals surface area contributed by atoms with Gasteiger partial charge in [-0.2, -0.15) is 4.98 Å². The minimum Gasteiger partial charge on any atom is -0.365 e. The first-order valence-electron chi connectivity index (χ1n) is 13.4. The van der Waals surface area contributed by atoms with E-state index < -0.39 is 5.76 Å². The van der Waals surface area contributed by atoms with E-state index in [0.29, 0.717) is 23.3 Å². The summed E-state index contributed by atoms with van der Waals surface area (Å²) in [5.41, 5.74) is 1.55. The quantitative estimate of drug-likeness (QED) is 0.411. The number of aromatic nitrogens is 6. The van der Waals surface area contributed by atoms with Gasteiger partial charge in [0.05, 0.1) is 0 Å². The highest BCUT2D eigenvalue weighted by molar-refractivity contribution is 5.87. The Balaban J connectivity index is 1.42. The molecule has 3 aliphatic carbocycles. The van der Waals surface area contributed by atoms with Crippen molar-refractivity contribution in [3.05, 3.63) is 10.6 Å². The van der Waals surface area contributed by atoms with E-state index in [0.717, 1.165) is 42.2 Å². The third kappa shape index (κ3) is 4.79. The summed E-state index contributed by atoms with van der Waals surface area (Å²) in [6.45, 7) is 6.43. The molecule has 0 amide bonds. The molecule has 3 aromatic rings. The van der Waals surface area contributed by atoms with Crippen LogP contribution in [-0.2, 0) is 6.54 Å². The van der Waals surface area contributed by atoms with E-state index in [1.807, 2.05) is 0 Å². The molecule has 3 aliphatic rings. The Morgan fingerprint density at radius 3 is 2.49 bits per heavy atom. The lowest BCUT2D eigenvalue weighted by Crippen LogP contribution is -2.31. The second-order valence-corrected chi connectivity index (χ2v) is 11.1. The molecule has 6 rings (SSSR count). The number of nitrogens with one attached hydrogen (secondary N) is 3. The molecule has 0 unspecified atom stereocenters. The Bertz CT molecular complexity index is 1230. The van der Waals surface area contributed by atoms with Crippen LogP contribution in [0, 0.1) is 23.7 Å². The van der Waals surface area contributed by atoms with E-state index in [-0.39, 0.29) is 11.9 Å². The fourth-order valence-electron chi connectivity index (χ4n) is 5.48. The van der Waals surface area contributed by atoms with Crippen LogP contribution in [-0.4, -0.2) is 42.2 Å². The van der Waals surface area contributed by atoms with Gasteiger partial charge in [-0.05, 0) is 69.1 Å². The zero-order valence-corrected chi connectivity index (χ0v) is 20.7. The number of aromatic amines is 1. The lowest BCUT2D eigenvalue weighted by atomic mass is 9.80. The summed E-state index contributed by atoms with van der Waals surface area (Å²) in [6.07, 6.45) is 11.4. The summed E-state index contributed by atoms with van der Waals surface area (Å²) in [5, 5.41) is 11.1. The van der Waals surface area contributed by atoms with Crippen molar-refractivity contribution in [1.29, 1.82) is 0 Å². The minimum atomic E-state index is -0.620. The number of H-pyrrole nitrogens is 1. The molecular weight excluding hydrogens is 444 g/mol. The van der Waals surface area contributed by atoms with Crippen LogP contribution in [0.4, 0.5) is 11.8 Å². The number of fused-ring (bicyclic) bond motifs is 1. The van der Waals surface area contributed by atoms with Crippen molar-refractivity contribution in [3.63, 3.8) is 0 Å². The first-order chi connectivity index (χ1) is 17.0. The molecule has 0 aromatic carbocycles. The van der Waals surface area contributed by atoms with Crippen LogP contribution in [0.5, 0.6) is 0 Å². The topological polar surface area (TPSA) is 127 Å². The van der Waals surface area contributed by atoms with Gasteiger partial charge in [-0.1, -0.05) is 31.3 Å². The van der Waals surface area contributed by atoms with Gasteiger partial charge in [0.1, 0.15) is 5.52 Å². The lowest BCUT2D eigenvalue weighted by molar-refractivity contribution is 0.267. The maximum Gasteiger partial charge on any atom is 0.439 e. The molecule has 10 heteroatoms. The molecule has 0 radical (unpaired) electrons. The van der Waals surface area contributed by atoms with Gasteiger partial charge in [-0.3, -0.25) is 9.51 Å². The van der Waals surface area contributed by atoms with Gasteiger partial charge < -0.3 is 15.2 Å². The highest BCUT2D eigenvalue weighted by Crippen LogP contribution is 2.36. The highest BCUT2D eigenvalue weighted by atomic mass is 16.5. The standard InChI is InChI=1S/C25H36N8O2/c1-14-6-8-17(9-7-14)13-33-19-20(27-15(2)18-4-3-5-18)28-22(23-31-25(34)35-32-23)29-21(19)30-24(33)26-12-16-10-11-16/h14-18H,3-13H2,1-2H3,(H,31,32,34)(H2,26,27,28,29,30)/t14-,15-,17-/m1/s1. The first-order valence-corrected chi connectivity index (χ1v) is 13.4. The zero-order chi connectivity index (χ0) is 23.9. The first kappa shape index (κ1) is 22.5. The Labute approximate surface area is 204 Å². The molecule has 0 bridgehead atoms. The summed E-state index contributed by atoms with van der Waals surface area (Å²) < 4.78 is 7.04. The molecule has 3 heterocycles. The SMILES string of the molecule is C[C@@H](Nc1nc(-c2noc(=O)[nH]2)nc2nc(NCC3CC3)n(C[C@H]3CC[C@H](C)CC3)c12)C1CCC1. The number of nitrogens with zero attached hydrogens (tertiary/aromatic N) is 5. The van der Waals surface area contributed by atoms with Gasteiger partial charge >= 0.3 is 5.76 Å². The normalized spacial score (nSPS) is 23.8. The van der Waals surface area contributed by atoms with Gasteiger partial charge in [0, 0.05) is 19.1 Å². The number of rotatable bonds is 9. The number of anilines is 2. The summed E-state index contributed by atoms with van der Waals surface area (Å²) in [6, 6.07) is 0.285. The van der Waals surface area contributed by atoms with E-state index in [9.17, 15) is 4.79 Å². The average molecular weight is 481 g/mol. The van der Waals surface area contributed by atoms with Crippen LogP contribution in [0.3, 0.4) is 0 Å². The Morgan fingerprint density at radius 1 is 1.06 bits per heavy atom. The number of imidazole rings is 1. The minimum absolute atomic E-state index is 0.222. The van der Waals surface area contributed by atoms with Crippen LogP contribution < -0.4 is 16.4 Å². The Hall–Kier alpha value is -2.91. The van der Waals surface area contributed by atoms with E-state index in [4.69, 9.17) is 19.5 Å². The van der Waals surface area contributed by atoms with Crippen molar-refractivity contribution in [2.75, 3.05) is 17.2 Å². The zero-order valence-electron chi connectivity index (χ0n) is 20.7. The van der Waals surface area contributed by atoms with Crippen molar-refractivity contribution >= 4 is 22.9 Å². The van der Waals surface area contributed by atoms with Crippen LogP contribution in [0.25, 0.3) is 22.8 Å². The smallest absolute Gasteiger partial charge is 0.365 e. The molecule has 3 saturated carbocycles. The summed E-state index contributed by atoms with van der Waals surface area (Å²) in [5.74, 6) is 4.34. The molecule has 3 aromatic heterocycles. The molecule has 35 heavy (non-hydrogen) atoms. The van der Waals surface area contributed by atoms with E-state index in [1.54, 1.807) is 0 Å². The molecule has 0 spiro atoms. The number of hydrogen-bond donors (Lipinski definition) is 3. The highest BCUT2D eigenvalue weighted by Gasteiger charge is 2.29. The van der Waals surface area contributed by atoms with Crippen molar-refractivity contribution in [3.8, 4) is 11.6 Å². The second kappa shape index (κ2) is 9.28. The van der Waals surface area contributed by atoms with Crippen LogP contribution in [0.1, 0.15) is 71.6 Å². The summed E-state index contributed by atoms with van der Waals surface area (Å²) >= 11 is 0. The third-order valence-electron chi connectivity index (χ3n) is 8.30. The fourth-order valence-corrected chi connectivity index (χ4v) is 5.48. The lowest BCUT2D eigenvalue weighted by Gasteiger charge is -2.32. The Morgan fingerprint density at radius 2 is 1.83 bits per heavy atom. The predicted molar refractivity (Wildman–Crippen MR) is 134 cm³/mol. The van der Waals surface area contributed by atoms with Gasteiger partial charge in [0.25, 0.3) is 0 Å². The fraction of sp³-hybridized carbons (Fsp3) is 0.720. The van der Waals surface area contributed by atoms with Crippen LogP contribution >= 0.6 is 0 Å². The molecule has 3 N–H and O–H groups in total. The van der Waals surface area contributed by atoms with Gasteiger partial charge in [0.15, 0.2) is 11.5 Å². The number of hydrogen-bond acceptors (Lipinski definition) is 8. The average Bonchev–Trinajstić information content (AvgIpc) is 3.42. The van der Waals surface area contributed by atoms with Crippen molar-refractivity contribution in [2.45, 2.75) is 84.2 Å². The van der Waals surface area contributed by atoms with E-state index >= 15 is 0 Å². The summed E-state index contributed by atoms with van der Waals surface area (Å²) in [4.78, 5) is 28.7. The second-order valence-electron chi connectivity index (χ2n) is 11.1. The molecule has 1 atom stereocenters. The molecule has 0 aliphatic heterocycles. The predicted octanol–water partition coefficient (Wildman–Crippen LogP) is 4.42. The molecule has 3 fully saturated rings. The largest absolute Gasteiger partial charge is 0.439 e. The summed E-state index contributed by atoms with van der Waals surface area (Å²) in [7, 11) is 0. The molecule has 10 nitrogen and oxygen atoms in total. The van der Waals surface area contributed by atoms with Crippen molar-refractivity contribution in [2.24, 2.45) is 23.7 Å². The molecular formula is C25H36N8O2. The van der Waals surface area contributed by atoms with Gasteiger partial charge in [-0.15, -0.1) is 0 Å². The van der Waals surface area contributed by atoms with Crippen molar-refractivity contribution < 1.29 is 4.52 Å². The van der Waals surface area contributed by atoms with Crippen molar-refractivity contribution in [1.82, 2.24) is 29.7 Å². The van der Waals surface area contributed by atoms with E-state index in [1.165, 1.54) is 57.8 Å². The maximum absolute atomic E-state index is 11.6. The Kier molecular flexibility index (Phi) is 5.98. The van der Waals surface area contributed by atoms with Gasteiger partial charge in [0.2, 0.25) is 17.6 Å². The molecule has 188 valence electrons. The monoisotopic (exact) mass is 480 g/mol. The third-order valence-corrected chi connectivity index (χ3v) is 8.30. The van der Waals surface area contributed by atoms with E-state index in [2.05, 4.69) is 39.2 Å². The van der Waals surface area contributed by atoms with Gasteiger partial charge in [-0.25, -0.2) is 14.8 Å². The maximum atomic E-state index is 11.6. The molecule has 0 saturated heterocycles.